The summed E-state index contributed by atoms with van der Waals surface area (Å²) in [5, 5.41) is 6.31. The van der Waals surface area contributed by atoms with E-state index in [0.717, 1.165) is 45.6 Å². The predicted octanol–water partition coefficient (Wildman–Crippen LogP) is 3.64. The maximum absolute atomic E-state index is 13.3. The van der Waals surface area contributed by atoms with E-state index < -0.39 is 6.10 Å². The Hall–Kier alpha value is -3.67. The number of aromatic nitrogens is 2. The van der Waals surface area contributed by atoms with Gasteiger partial charge in [0.25, 0.3) is 11.5 Å². The molecule has 1 unspecified atom stereocenters. The molecule has 3 heterocycles. The summed E-state index contributed by atoms with van der Waals surface area (Å²) in [5.74, 6) is 0.498. The van der Waals surface area contributed by atoms with Gasteiger partial charge in [-0.25, -0.2) is 0 Å². The first-order valence-electron chi connectivity index (χ1n) is 10.2. The topological polar surface area (TPSA) is 72.7 Å². The first-order chi connectivity index (χ1) is 14.6. The number of pyridine rings is 2. The second kappa shape index (κ2) is 6.16. The molecule has 6 heteroatoms. The molecular formula is C24H19N3O3. The van der Waals surface area contributed by atoms with Crippen LogP contribution in [-0.2, 0) is 4.79 Å². The molecule has 0 bridgehead atoms. The smallest absolute Gasteiger partial charge is 0.263 e. The Kier molecular flexibility index (Phi) is 3.53. The van der Waals surface area contributed by atoms with Crippen LogP contribution in [0.25, 0.3) is 38.1 Å². The Morgan fingerprint density at radius 3 is 2.70 bits per heavy atom. The molecule has 2 aromatic carbocycles. The minimum absolute atomic E-state index is 0.0584. The standard InChI is InChI=1S/C24H19N3O3/c1-13(23(28)26-14-6-7-14)30-15-8-9-20-19(12-15)17-10-11-25-21-16-4-2-3-5-18(16)24(29)27(20)22(17)21/h2-5,8-14H,6-7H2,1H3,(H,26,28). The number of benzene rings is 2. The second-order valence-electron chi connectivity index (χ2n) is 7.96. The molecule has 0 aliphatic heterocycles. The maximum Gasteiger partial charge on any atom is 0.263 e. The van der Waals surface area contributed by atoms with Crippen LogP contribution < -0.4 is 15.6 Å². The van der Waals surface area contributed by atoms with Crippen LogP contribution in [0.15, 0.2) is 59.5 Å². The maximum atomic E-state index is 13.3. The van der Waals surface area contributed by atoms with Gasteiger partial charge in [-0.1, -0.05) is 18.2 Å². The van der Waals surface area contributed by atoms with E-state index in [-0.39, 0.29) is 11.5 Å². The van der Waals surface area contributed by atoms with Gasteiger partial charge in [-0.15, -0.1) is 0 Å². The molecule has 1 amide bonds. The highest BCUT2D eigenvalue weighted by molar-refractivity contribution is 6.18. The van der Waals surface area contributed by atoms with Gasteiger partial charge in [0.2, 0.25) is 0 Å². The van der Waals surface area contributed by atoms with Gasteiger partial charge in [0.05, 0.1) is 16.6 Å². The number of nitrogens with zero attached hydrogens (tertiary/aromatic N) is 2. The van der Waals surface area contributed by atoms with Crippen LogP contribution in [-0.4, -0.2) is 27.4 Å². The Morgan fingerprint density at radius 1 is 1.10 bits per heavy atom. The molecule has 1 aliphatic carbocycles. The Morgan fingerprint density at radius 2 is 1.90 bits per heavy atom. The highest BCUT2D eigenvalue weighted by Crippen LogP contribution is 2.34. The van der Waals surface area contributed by atoms with Gasteiger partial charge in [-0.2, -0.15) is 0 Å². The average molecular weight is 397 g/mol. The van der Waals surface area contributed by atoms with Crippen molar-refractivity contribution in [2.75, 3.05) is 0 Å². The minimum atomic E-state index is -0.588. The van der Waals surface area contributed by atoms with E-state index >= 15 is 0 Å². The lowest BCUT2D eigenvalue weighted by molar-refractivity contribution is -0.127. The van der Waals surface area contributed by atoms with Crippen molar-refractivity contribution in [2.24, 2.45) is 0 Å². The molecule has 1 aliphatic rings. The van der Waals surface area contributed by atoms with Crippen molar-refractivity contribution in [1.82, 2.24) is 14.7 Å². The van der Waals surface area contributed by atoms with Crippen molar-refractivity contribution < 1.29 is 9.53 Å². The van der Waals surface area contributed by atoms with E-state index in [1.165, 1.54) is 0 Å². The average Bonchev–Trinajstić information content (AvgIpc) is 3.52. The summed E-state index contributed by atoms with van der Waals surface area (Å²) in [6.45, 7) is 1.75. The lowest BCUT2D eigenvalue weighted by Crippen LogP contribution is -2.37. The van der Waals surface area contributed by atoms with Crippen LogP contribution in [0, 0.1) is 0 Å². The molecule has 6 nitrogen and oxygen atoms in total. The fourth-order valence-corrected chi connectivity index (χ4v) is 4.23. The number of carbonyl (C=O) groups excluding carboxylic acids is 1. The summed E-state index contributed by atoms with van der Waals surface area (Å²) < 4.78 is 7.66. The number of ether oxygens (including phenoxy) is 1. The second-order valence-corrected chi connectivity index (χ2v) is 7.96. The molecule has 0 saturated heterocycles. The van der Waals surface area contributed by atoms with E-state index in [2.05, 4.69) is 10.3 Å². The van der Waals surface area contributed by atoms with E-state index in [4.69, 9.17) is 4.74 Å². The third-order valence-corrected chi connectivity index (χ3v) is 5.87. The highest BCUT2D eigenvalue weighted by Gasteiger charge is 2.26. The number of rotatable bonds is 4. The van der Waals surface area contributed by atoms with Crippen LogP contribution in [0.3, 0.4) is 0 Å². The first-order valence-corrected chi connectivity index (χ1v) is 10.2. The SMILES string of the molecule is CC(Oc1ccc2c(c1)c1ccnc3c4ccccc4c(=O)n2c13)C(=O)NC1CC1. The lowest BCUT2D eigenvalue weighted by atomic mass is 10.1. The van der Waals surface area contributed by atoms with Crippen molar-refractivity contribution in [3.05, 3.63) is 65.1 Å². The first kappa shape index (κ1) is 17.2. The number of hydrogen-bond acceptors (Lipinski definition) is 4. The van der Waals surface area contributed by atoms with Crippen LogP contribution >= 0.6 is 0 Å². The monoisotopic (exact) mass is 397 g/mol. The molecule has 5 aromatic rings. The lowest BCUT2D eigenvalue weighted by Gasteiger charge is -2.14. The molecule has 1 N–H and O–H groups in total. The van der Waals surface area contributed by atoms with Gasteiger partial charge in [0.15, 0.2) is 6.10 Å². The fraction of sp³-hybridized carbons (Fsp3) is 0.208. The summed E-state index contributed by atoms with van der Waals surface area (Å²) in [6.07, 6.45) is 3.26. The van der Waals surface area contributed by atoms with Crippen LogP contribution in [0.2, 0.25) is 0 Å². The zero-order valence-corrected chi connectivity index (χ0v) is 16.4. The van der Waals surface area contributed by atoms with E-state index in [1.807, 2.05) is 48.5 Å². The van der Waals surface area contributed by atoms with Crippen molar-refractivity contribution in [1.29, 1.82) is 0 Å². The zero-order chi connectivity index (χ0) is 20.4. The van der Waals surface area contributed by atoms with Crippen molar-refractivity contribution in [2.45, 2.75) is 31.9 Å². The van der Waals surface area contributed by atoms with Gasteiger partial charge in [-0.05, 0) is 50.1 Å². The summed E-state index contributed by atoms with van der Waals surface area (Å²) in [7, 11) is 0. The summed E-state index contributed by atoms with van der Waals surface area (Å²) in [4.78, 5) is 30.1. The summed E-state index contributed by atoms with van der Waals surface area (Å²) in [6, 6.07) is 15.4. The van der Waals surface area contributed by atoms with Gasteiger partial charge < -0.3 is 10.1 Å². The van der Waals surface area contributed by atoms with Crippen molar-refractivity contribution in [3.63, 3.8) is 0 Å². The van der Waals surface area contributed by atoms with Gasteiger partial charge in [0, 0.05) is 33.8 Å². The quantitative estimate of drug-likeness (QED) is 0.470. The highest BCUT2D eigenvalue weighted by atomic mass is 16.5. The Balaban J connectivity index is 1.54. The molecule has 148 valence electrons. The van der Waals surface area contributed by atoms with Crippen molar-refractivity contribution in [3.8, 4) is 5.75 Å². The third-order valence-electron chi connectivity index (χ3n) is 5.87. The molecular weight excluding hydrogens is 378 g/mol. The summed E-state index contributed by atoms with van der Waals surface area (Å²) in [5.41, 5.74) is 2.37. The molecule has 0 spiro atoms. The van der Waals surface area contributed by atoms with Crippen molar-refractivity contribution >= 4 is 44.0 Å². The number of hydrogen-bond donors (Lipinski definition) is 1. The van der Waals surface area contributed by atoms with Gasteiger partial charge in [0.1, 0.15) is 5.75 Å². The Labute approximate surface area is 171 Å². The summed E-state index contributed by atoms with van der Waals surface area (Å²) >= 11 is 0. The molecule has 6 rings (SSSR count). The molecule has 30 heavy (non-hydrogen) atoms. The number of carbonyl (C=O) groups is 1. The minimum Gasteiger partial charge on any atom is -0.481 e. The number of amides is 1. The zero-order valence-electron chi connectivity index (χ0n) is 16.4. The van der Waals surface area contributed by atoms with Crippen LogP contribution in [0.5, 0.6) is 5.75 Å². The largest absolute Gasteiger partial charge is 0.481 e. The predicted molar refractivity (Wildman–Crippen MR) is 116 cm³/mol. The molecule has 1 fully saturated rings. The third kappa shape index (κ3) is 2.46. The van der Waals surface area contributed by atoms with Gasteiger partial charge in [-0.3, -0.25) is 19.0 Å². The number of fused-ring (bicyclic) bond motifs is 5. The molecule has 0 radical (unpaired) electrons. The normalized spacial score (nSPS) is 15.2. The number of nitrogens with one attached hydrogen (secondary N) is 1. The van der Waals surface area contributed by atoms with Crippen LogP contribution in [0.1, 0.15) is 19.8 Å². The van der Waals surface area contributed by atoms with E-state index in [9.17, 15) is 9.59 Å². The van der Waals surface area contributed by atoms with E-state index in [1.54, 1.807) is 17.5 Å². The fourth-order valence-electron chi connectivity index (χ4n) is 4.23. The van der Waals surface area contributed by atoms with Crippen LogP contribution in [0.4, 0.5) is 0 Å². The van der Waals surface area contributed by atoms with Gasteiger partial charge >= 0.3 is 0 Å². The Bertz CT molecular complexity index is 1520. The molecule has 1 atom stereocenters. The van der Waals surface area contributed by atoms with E-state index in [0.29, 0.717) is 17.2 Å². The molecule has 3 aromatic heterocycles. The molecule has 1 saturated carbocycles.